The van der Waals surface area contributed by atoms with Gasteiger partial charge in [0.2, 0.25) is 17.7 Å². The van der Waals surface area contributed by atoms with Gasteiger partial charge in [0, 0.05) is 22.0 Å². The van der Waals surface area contributed by atoms with Gasteiger partial charge in [-0.2, -0.15) is 26.3 Å². The number of thiazole rings is 1. The number of carbonyl (C=O) groups is 3. The average Bonchev–Trinajstić information content (AvgIpc) is 3.46. The smallest absolute Gasteiger partial charge is 0.416 e. The molecule has 0 saturated carbocycles. The molecule has 3 heterocycles. The van der Waals surface area contributed by atoms with Gasteiger partial charge in [0.25, 0.3) is 0 Å². The van der Waals surface area contributed by atoms with Crippen LogP contribution in [-0.4, -0.2) is 34.6 Å². The second-order valence-electron chi connectivity index (χ2n) is 10.6. The van der Waals surface area contributed by atoms with Gasteiger partial charge < -0.3 is 10.1 Å². The van der Waals surface area contributed by atoms with Gasteiger partial charge >= 0.3 is 17.2 Å². The zero-order valence-electron chi connectivity index (χ0n) is 23.9. The standard InChI is InChI=1S/C31H21F6N3O5S2/c1-45-20-11-3-2-10-19(20)22-23-24(27(43)40(26(23)42)18-9-5-7-16(13-18)31(35,36)37)46-28-25(22)47-29(44)39(28)14-21(41)38-17-8-4-6-15(12-17)30(32,33)34/h2-13,22-24H,14H2,1H3,(H,38,41)/t22-,23?,24?/m1/s1. The van der Waals surface area contributed by atoms with Crippen molar-refractivity contribution in [3.63, 3.8) is 0 Å². The van der Waals surface area contributed by atoms with Gasteiger partial charge in [-0.25, -0.2) is 4.90 Å². The maximum Gasteiger partial charge on any atom is 0.416 e. The Morgan fingerprint density at radius 2 is 1.53 bits per heavy atom. The van der Waals surface area contributed by atoms with Crippen molar-refractivity contribution in [2.45, 2.75) is 35.1 Å². The van der Waals surface area contributed by atoms with Crippen molar-refractivity contribution in [1.29, 1.82) is 0 Å². The van der Waals surface area contributed by atoms with Crippen LogP contribution in [0, 0.1) is 5.92 Å². The summed E-state index contributed by atoms with van der Waals surface area (Å²) >= 11 is 1.55. The van der Waals surface area contributed by atoms with Gasteiger partial charge in [0.1, 0.15) is 17.5 Å². The third kappa shape index (κ3) is 5.91. The van der Waals surface area contributed by atoms with Gasteiger partial charge in [0.05, 0.1) is 34.9 Å². The molecule has 1 aromatic heterocycles. The van der Waals surface area contributed by atoms with E-state index >= 15 is 0 Å². The molecule has 0 radical (unpaired) electrons. The van der Waals surface area contributed by atoms with E-state index in [0.717, 1.165) is 58.0 Å². The molecule has 1 N–H and O–H groups in total. The Labute approximate surface area is 269 Å². The van der Waals surface area contributed by atoms with Gasteiger partial charge in [-0.15, -0.1) is 0 Å². The Hall–Kier alpha value is -4.57. The van der Waals surface area contributed by atoms with Crippen LogP contribution in [0.2, 0.25) is 0 Å². The van der Waals surface area contributed by atoms with Crippen LogP contribution in [0.1, 0.15) is 27.5 Å². The van der Waals surface area contributed by atoms with Gasteiger partial charge in [-0.05, 0) is 42.5 Å². The van der Waals surface area contributed by atoms with Crippen molar-refractivity contribution in [2.75, 3.05) is 17.3 Å². The number of thioether (sulfide) groups is 1. The Morgan fingerprint density at radius 1 is 0.872 bits per heavy atom. The summed E-state index contributed by atoms with van der Waals surface area (Å²) in [6, 6.07) is 14.3. The van der Waals surface area contributed by atoms with Crippen molar-refractivity contribution < 1.29 is 45.5 Å². The van der Waals surface area contributed by atoms with E-state index in [9.17, 15) is 45.5 Å². The number of hydrogen-bond donors (Lipinski definition) is 1. The highest BCUT2D eigenvalue weighted by Gasteiger charge is 2.57. The second kappa shape index (κ2) is 11.9. The summed E-state index contributed by atoms with van der Waals surface area (Å²) in [5, 5.41) is 1.32. The number of nitrogens with zero attached hydrogens (tertiary/aromatic N) is 2. The largest absolute Gasteiger partial charge is 0.496 e. The predicted molar refractivity (Wildman–Crippen MR) is 161 cm³/mol. The molecular weight excluding hydrogens is 672 g/mol. The Balaban J connectivity index is 1.41. The third-order valence-corrected chi connectivity index (χ3v) is 10.3. The molecule has 47 heavy (non-hydrogen) atoms. The number of halogens is 6. The summed E-state index contributed by atoms with van der Waals surface area (Å²) in [6.45, 7) is -0.635. The predicted octanol–water partition coefficient (Wildman–Crippen LogP) is 6.39. The van der Waals surface area contributed by atoms with E-state index in [-0.39, 0.29) is 16.4 Å². The molecule has 2 aliphatic rings. The van der Waals surface area contributed by atoms with Gasteiger partial charge in [0.15, 0.2) is 0 Å². The van der Waals surface area contributed by atoms with Gasteiger partial charge in [-0.3, -0.25) is 23.7 Å². The number of alkyl halides is 6. The number of aromatic nitrogens is 1. The van der Waals surface area contributed by atoms with E-state index in [2.05, 4.69) is 5.32 Å². The molecule has 3 aromatic carbocycles. The quantitative estimate of drug-likeness (QED) is 0.186. The summed E-state index contributed by atoms with van der Waals surface area (Å²) < 4.78 is 86.7. The number of anilines is 2. The zero-order chi connectivity index (χ0) is 33.8. The highest BCUT2D eigenvalue weighted by molar-refractivity contribution is 8.00. The summed E-state index contributed by atoms with van der Waals surface area (Å²) in [4.78, 5) is 54.6. The molecule has 16 heteroatoms. The van der Waals surface area contributed by atoms with Crippen molar-refractivity contribution in [1.82, 2.24) is 4.57 Å². The van der Waals surface area contributed by atoms with Crippen molar-refractivity contribution in [2.24, 2.45) is 5.92 Å². The van der Waals surface area contributed by atoms with Crippen molar-refractivity contribution in [3.05, 3.63) is 104 Å². The van der Waals surface area contributed by atoms with Crippen LogP contribution in [0.15, 0.2) is 82.6 Å². The molecule has 6 rings (SSSR count). The lowest BCUT2D eigenvalue weighted by atomic mass is 9.82. The normalized spacial score (nSPS) is 19.4. The molecule has 0 spiro atoms. The lowest BCUT2D eigenvalue weighted by Crippen LogP contribution is -2.33. The minimum absolute atomic E-state index is 0.158. The number of methoxy groups -OCH3 is 1. The number of amides is 3. The minimum Gasteiger partial charge on any atom is -0.496 e. The van der Waals surface area contributed by atoms with Crippen LogP contribution in [0.4, 0.5) is 37.7 Å². The number of benzene rings is 3. The number of ether oxygens (including phenoxy) is 1. The lowest BCUT2D eigenvalue weighted by Gasteiger charge is -2.31. The van der Waals surface area contributed by atoms with Crippen LogP contribution in [0.5, 0.6) is 5.75 Å². The molecule has 2 aliphatic heterocycles. The van der Waals surface area contributed by atoms with E-state index < -0.39 is 69.7 Å². The number of imide groups is 1. The molecule has 0 bridgehead atoms. The Kier molecular flexibility index (Phi) is 8.20. The summed E-state index contributed by atoms with van der Waals surface area (Å²) in [6.07, 6.45) is -9.39. The molecule has 1 saturated heterocycles. The fraction of sp³-hybridized carbons (Fsp3) is 0.226. The molecule has 8 nitrogen and oxygen atoms in total. The summed E-state index contributed by atoms with van der Waals surface area (Å²) in [5.41, 5.74) is -2.05. The fourth-order valence-corrected chi connectivity index (χ4v) is 8.47. The maximum absolute atomic E-state index is 14.0. The first kappa shape index (κ1) is 32.4. The molecule has 244 valence electrons. The third-order valence-electron chi connectivity index (χ3n) is 7.73. The fourth-order valence-electron chi connectivity index (χ4n) is 5.71. The first-order valence-electron chi connectivity index (χ1n) is 13.7. The SMILES string of the molecule is COc1ccccc1[C@H]1c2sc(=O)n(CC(=O)Nc3cccc(C(F)(F)F)c3)c2SC2C(=O)N(c3cccc(C(F)(F)F)c3)C(=O)C21. The summed E-state index contributed by atoms with van der Waals surface area (Å²) in [5.74, 6) is -4.22. The van der Waals surface area contributed by atoms with Crippen LogP contribution in [0.3, 0.4) is 0 Å². The van der Waals surface area contributed by atoms with Crippen LogP contribution in [0.25, 0.3) is 0 Å². The molecule has 1 fully saturated rings. The zero-order valence-corrected chi connectivity index (χ0v) is 25.5. The van der Waals surface area contributed by atoms with E-state index in [1.54, 1.807) is 24.3 Å². The van der Waals surface area contributed by atoms with Gasteiger partial charge in [-0.1, -0.05) is 53.4 Å². The number of carbonyl (C=O) groups excluding carboxylic acids is 3. The van der Waals surface area contributed by atoms with E-state index in [1.165, 1.54) is 19.2 Å². The molecule has 0 aliphatic carbocycles. The highest BCUT2D eigenvalue weighted by Crippen LogP contribution is 2.55. The topological polar surface area (TPSA) is 97.7 Å². The maximum atomic E-state index is 14.0. The monoisotopic (exact) mass is 693 g/mol. The highest BCUT2D eigenvalue weighted by atomic mass is 32.2. The van der Waals surface area contributed by atoms with Crippen LogP contribution >= 0.6 is 23.1 Å². The van der Waals surface area contributed by atoms with Crippen LogP contribution < -0.4 is 19.8 Å². The van der Waals surface area contributed by atoms with Crippen molar-refractivity contribution in [3.8, 4) is 5.75 Å². The van der Waals surface area contributed by atoms with E-state index in [0.29, 0.717) is 27.2 Å². The molecule has 2 unspecified atom stereocenters. The average molecular weight is 694 g/mol. The minimum atomic E-state index is -4.74. The lowest BCUT2D eigenvalue weighted by molar-refractivity contribution is -0.138. The second-order valence-corrected chi connectivity index (χ2v) is 12.7. The first-order valence-corrected chi connectivity index (χ1v) is 15.4. The Bertz CT molecular complexity index is 1970. The van der Waals surface area contributed by atoms with E-state index in [1.807, 2.05) is 0 Å². The van der Waals surface area contributed by atoms with Crippen molar-refractivity contribution >= 4 is 52.2 Å². The summed E-state index contributed by atoms with van der Waals surface area (Å²) in [7, 11) is 1.39. The number of rotatable bonds is 6. The molecule has 3 amide bonds. The molecule has 4 aromatic rings. The first-order chi connectivity index (χ1) is 22.2. The van der Waals surface area contributed by atoms with E-state index in [4.69, 9.17) is 4.74 Å². The van der Waals surface area contributed by atoms with Crippen LogP contribution in [-0.2, 0) is 33.3 Å². The number of para-hydroxylation sites is 1. The number of fused-ring (bicyclic) bond motifs is 2. The number of nitrogens with one attached hydrogen (secondary N) is 1. The molecule has 3 atom stereocenters. The Morgan fingerprint density at radius 3 is 2.21 bits per heavy atom. The number of hydrogen-bond acceptors (Lipinski definition) is 7. The molecular formula is C31H21F6N3O5S2.